The number of rotatable bonds is 5. The number of ether oxygens (including phenoxy) is 1. The van der Waals surface area contributed by atoms with Gasteiger partial charge in [0.15, 0.2) is 0 Å². The van der Waals surface area contributed by atoms with Gasteiger partial charge in [-0.25, -0.2) is 0 Å². The van der Waals surface area contributed by atoms with Crippen molar-refractivity contribution in [2.45, 2.75) is 0 Å². The van der Waals surface area contributed by atoms with E-state index in [4.69, 9.17) is 33.0 Å². The number of carbonyl (C=O) groups is 1. The van der Waals surface area contributed by atoms with Crippen LogP contribution in [0.3, 0.4) is 0 Å². The van der Waals surface area contributed by atoms with Crippen LogP contribution in [-0.4, -0.2) is 30.8 Å². The number of benzene rings is 1. The summed E-state index contributed by atoms with van der Waals surface area (Å²) in [5.41, 5.74) is 0.476. The predicted octanol–water partition coefficient (Wildman–Crippen LogP) is 1.94. The molecule has 0 saturated carbocycles. The number of aliphatic hydroxyl groups excluding tert-OH is 1. The van der Waals surface area contributed by atoms with Crippen LogP contribution < -0.4 is 5.32 Å². The molecular formula is C10H11Cl2NO3. The molecule has 2 N–H and O–H groups in total. The van der Waals surface area contributed by atoms with Crippen molar-refractivity contribution < 1.29 is 14.6 Å². The third-order valence-electron chi connectivity index (χ3n) is 1.67. The molecule has 1 aromatic carbocycles. The van der Waals surface area contributed by atoms with E-state index in [1.54, 1.807) is 12.1 Å². The first kappa shape index (κ1) is 13.3. The van der Waals surface area contributed by atoms with E-state index in [9.17, 15) is 4.79 Å². The molecule has 0 unspecified atom stereocenters. The SMILES string of the molecule is O=C(COCCO)Nc1ccc(Cl)cc1Cl. The van der Waals surface area contributed by atoms with Crippen LogP contribution in [0.25, 0.3) is 0 Å². The van der Waals surface area contributed by atoms with Crippen molar-refractivity contribution >= 4 is 34.8 Å². The summed E-state index contributed by atoms with van der Waals surface area (Å²) in [4.78, 5) is 11.3. The van der Waals surface area contributed by atoms with Crippen LogP contribution in [0.4, 0.5) is 5.69 Å². The Bertz CT molecular complexity index is 371. The molecule has 0 fully saturated rings. The van der Waals surface area contributed by atoms with E-state index < -0.39 is 0 Å². The number of aliphatic hydroxyl groups is 1. The van der Waals surface area contributed by atoms with Gasteiger partial charge in [0.1, 0.15) is 6.61 Å². The van der Waals surface area contributed by atoms with Gasteiger partial charge in [-0.1, -0.05) is 23.2 Å². The Hall–Kier alpha value is -0.810. The van der Waals surface area contributed by atoms with Crippen LogP contribution in [0, 0.1) is 0 Å². The largest absolute Gasteiger partial charge is 0.394 e. The summed E-state index contributed by atoms with van der Waals surface area (Å²) in [6, 6.07) is 4.76. The average Bonchev–Trinajstić information content (AvgIpc) is 2.23. The standard InChI is InChI=1S/C10H11Cl2NO3/c11-7-1-2-9(8(12)5-7)13-10(15)6-16-4-3-14/h1-2,5,14H,3-4,6H2,(H,13,15). The van der Waals surface area contributed by atoms with Gasteiger partial charge in [-0.3, -0.25) is 4.79 Å². The van der Waals surface area contributed by atoms with Crippen LogP contribution in [0.15, 0.2) is 18.2 Å². The molecule has 0 radical (unpaired) electrons. The van der Waals surface area contributed by atoms with E-state index in [2.05, 4.69) is 5.32 Å². The maximum absolute atomic E-state index is 11.3. The summed E-state index contributed by atoms with van der Waals surface area (Å²) >= 11 is 11.6. The lowest BCUT2D eigenvalue weighted by Crippen LogP contribution is -2.19. The summed E-state index contributed by atoms with van der Waals surface area (Å²) in [7, 11) is 0. The topological polar surface area (TPSA) is 58.6 Å². The van der Waals surface area contributed by atoms with Gasteiger partial charge in [0.05, 0.1) is 23.9 Å². The van der Waals surface area contributed by atoms with Crippen LogP contribution >= 0.6 is 23.2 Å². The van der Waals surface area contributed by atoms with E-state index in [-0.39, 0.29) is 25.7 Å². The van der Waals surface area contributed by atoms with Gasteiger partial charge in [-0.2, -0.15) is 0 Å². The molecule has 16 heavy (non-hydrogen) atoms. The number of nitrogens with one attached hydrogen (secondary N) is 1. The minimum Gasteiger partial charge on any atom is -0.394 e. The highest BCUT2D eigenvalue weighted by Gasteiger charge is 2.06. The van der Waals surface area contributed by atoms with Crippen LogP contribution in [0.1, 0.15) is 0 Å². The molecule has 0 saturated heterocycles. The second-order valence-electron chi connectivity index (χ2n) is 2.95. The minimum absolute atomic E-state index is 0.116. The van der Waals surface area contributed by atoms with Crippen molar-refractivity contribution in [3.63, 3.8) is 0 Å². The summed E-state index contributed by atoms with van der Waals surface area (Å²) in [6.07, 6.45) is 0. The van der Waals surface area contributed by atoms with Crippen molar-refractivity contribution in [2.24, 2.45) is 0 Å². The number of hydrogen-bond acceptors (Lipinski definition) is 3. The normalized spacial score (nSPS) is 10.2. The Morgan fingerprint density at radius 2 is 2.19 bits per heavy atom. The van der Waals surface area contributed by atoms with Gasteiger partial charge < -0.3 is 15.2 Å². The molecule has 0 aliphatic rings. The Morgan fingerprint density at radius 1 is 1.44 bits per heavy atom. The first-order valence-corrected chi connectivity index (χ1v) is 5.32. The third-order valence-corrected chi connectivity index (χ3v) is 2.22. The molecule has 88 valence electrons. The van der Waals surface area contributed by atoms with Crippen molar-refractivity contribution in [1.82, 2.24) is 0 Å². The molecule has 0 aliphatic carbocycles. The highest BCUT2D eigenvalue weighted by atomic mass is 35.5. The Kier molecular flexibility index (Phi) is 5.55. The highest BCUT2D eigenvalue weighted by Crippen LogP contribution is 2.25. The lowest BCUT2D eigenvalue weighted by Gasteiger charge is -2.07. The molecule has 0 aromatic heterocycles. The number of anilines is 1. The molecule has 0 spiro atoms. The van der Waals surface area contributed by atoms with E-state index in [0.29, 0.717) is 15.7 Å². The predicted molar refractivity (Wildman–Crippen MR) is 63.0 cm³/mol. The molecule has 0 heterocycles. The minimum atomic E-state index is -0.335. The zero-order valence-corrected chi connectivity index (χ0v) is 9.88. The second-order valence-corrected chi connectivity index (χ2v) is 3.79. The lowest BCUT2D eigenvalue weighted by molar-refractivity contribution is -0.120. The number of halogens is 2. The summed E-state index contributed by atoms with van der Waals surface area (Å²) < 4.78 is 4.85. The Labute approximate surface area is 103 Å². The van der Waals surface area contributed by atoms with Gasteiger partial charge in [0.2, 0.25) is 5.91 Å². The lowest BCUT2D eigenvalue weighted by atomic mass is 10.3. The number of hydrogen-bond donors (Lipinski definition) is 2. The maximum atomic E-state index is 11.3. The zero-order chi connectivity index (χ0) is 12.0. The number of carbonyl (C=O) groups excluding carboxylic acids is 1. The zero-order valence-electron chi connectivity index (χ0n) is 8.37. The van der Waals surface area contributed by atoms with Crippen molar-refractivity contribution in [1.29, 1.82) is 0 Å². The number of amides is 1. The molecule has 0 atom stereocenters. The third kappa shape index (κ3) is 4.37. The fourth-order valence-electron chi connectivity index (χ4n) is 1.01. The Morgan fingerprint density at radius 3 is 2.81 bits per heavy atom. The van der Waals surface area contributed by atoms with E-state index in [1.165, 1.54) is 6.07 Å². The molecule has 6 heteroatoms. The van der Waals surface area contributed by atoms with E-state index >= 15 is 0 Å². The summed E-state index contributed by atoms with van der Waals surface area (Å²) in [6.45, 7) is -0.115. The first-order chi connectivity index (χ1) is 7.63. The fourth-order valence-corrected chi connectivity index (χ4v) is 1.46. The first-order valence-electron chi connectivity index (χ1n) is 4.57. The summed E-state index contributed by atoms with van der Waals surface area (Å²) in [5.74, 6) is -0.335. The van der Waals surface area contributed by atoms with E-state index in [0.717, 1.165) is 0 Å². The van der Waals surface area contributed by atoms with Crippen LogP contribution in [0.2, 0.25) is 10.0 Å². The Balaban J connectivity index is 2.49. The molecule has 1 rings (SSSR count). The molecule has 4 nitrogen and oxygen atoms in total. The maximum Gasteiger partial charge on any atom is 0.250 e. The average molecular weight is 264 g/mol. The summed E-state index contributed by atoms with van der Waals surface area (Å²) in [5, 5.41) is 11.9. The van der Waals surface area contributed by atoms with Gasteiger partial charge in [-0.05, 0) is 18.2 Å². The van der Waals surface area contributed by atoms with Crippen LogP contribution in [0.5, 0.6) is 0 Å². The molecule has 1 aromatic rings. The van der Waals surface area contributed by atoms with Gasteiger partial charge in [-0.15, -0.1) is 0 Å². The molecule has 1 amide bonds. The van der Waals surface area contributed by atoms with Gasteiger partial charge >= 0.3 is 0 Å². The van der Waals surface area contributed by atoms with Gasteiger partial charge in [0, 0.05) is 5.02 Å². The molecule has 0 aliphatic heterocycles. The van der Waals surface area contributed by atoms with Crippen LogP contribution in [-0.2, 0) is 9.53 Å². The van der Waals surface area contributed by atoms with Crippen molar-refractivity contribution in [2.75, 3.05) is 25.1 Å². The highest BCUT2D eigenvalue weighted by molar-refractivity contribution is 6.36. The second kappa shape index (κ2) is 6.70. The molecular weight excluding hydrogens is 253 g/mol. The van der Waals surface area contributed by atoms with E-state index in [1.807, 2.05) is 0 Å². The molecule has 0 bridgehead atoms. The van der Waals surface area contributed by atoms with Gasteiger partial charge in [0.25, 0.3) is 0 Å². The van der Waals surface area contributed by atoms with Crippen molar-refractivity contribution in [3.05, 3.63) is 28.2 Å². The smallest absolute Gasteiger partial charge is 0.250 e. The fraction of sp³-hybridized carbons (Fsp3) is 0.300. The van der Waals surface area contributed by atoms with Crippen molar-refractivity contribution in [3.8, 4) is 0 Å². The monoisotopic (exact) mass is 263 g/mol. The quantitative estimate of drug-likeness (QED) is 0.799.